The number of anilines is 3. The molecule has 376 valence electrons. The predicted octanol–water partition coefficient (Wildman–Crippen LogP) is 8.35. The van der Waals surface area contributed by atoms with Crippen molar-refractivity contribution in [3.8, 4) is 0 Å². The number of nitrogens with zero attached hydrogens (tertiary/aromatic N) is 6. The fourth-order valence-electron chi connectivity index (χ4n) is 7.50. The molecule has 2 N–H and O–H groups in total. The molecule has 2 heterocycles. The molecular formula is C47H64Cl5N7O7S2. The SMILES string of the molecule is CN(C)C1CCCN(c2ccc(CC(=O)CCN(C)S(=O)(=O)c3cccc(Cl)c3Cl)cc2)C1.CN(C)C1CCCN(c2ccc(N)cc2)C1.CN(CCOC=O)S(=O)(=O)c1cccc(Cl)c1Cl.Cl. The van der Waals surface area contributed by atoms with Crippen LogP contribution >= 0.6 is 58.8 Å². The van der Waals surface area contributed by atoms with Gasteiger partial charge in [0.05, 0.1) is 20.1 Å². The van der Waals surface area contributed by atoms with E-state index in [4.69, 9.17) is 52.1 Å². The van der Waals surface area contributed by atoms with Gasteiger partial charge >= 0.3 is 0 Å². The van der Waals surface area contributed by atoms with Gasteiger partial charge in [0.15, 0.2) is 0 Å². The summed E-state index contributed by atoms with van der Waals surface area (Å²) in [6.45, 7) is 4.66. The van der Waals surface area contributed by atoms with E-state index in [1.807, 2.05) is 24.3 Å². The maximum Gasteiger partial charge on any atom is 0.293 e. The molecule has 2 atom stereocenters. The van der Waals surface area contributed by atoms with Crippen molar-refractivity contribution in [1.29, 1.82) is 0 Å². The molecule has 0 amide bonds. The van der Waals surface area contributed by atoms with E-state index in [-0.39, 0.29) is 87.1 Å². The van der Waals surface area contributed by atoms with Crippen molar-refractivity contribution < 1.29 is 31.2 Å². The zero-order valence-corrected chi connectivity index (χ0v) is 44.8. The molecule has 0 aromatic heterocycles. The lowest BCUT2D eigenvalue weighted by Crippen LogP contribution is -2.45. The first-order chi connectivity index (χ1) is 31.7. The number of sulfonamides is 2. The molecule has 0 saturated carbocycles. The Balaban J connectivity index is 0.000000295. The van der Waals surface area contributed by atoms with Crippen LogP contribution in [0.15, 0.2) is 94.7 Å². The lowest BCUT2D eigenvalue weighted by atomic mass is 10.0. The topological polar surface area (TPSA) is 157 Å². The Morgan fingerprint density at radius 3 is 1.53 bits per heavy atom. The highest BCUT2D eigenvalue weighted by Gasteiger charge is 2.27. The van der Waals surface area contributed by atoms with Gasteiger partial charge in [0.1, 0.15) is 22.2 Å². The number of benzene rings is 4. The highest BCUT2D eigenvalue weighted by molar-refractivity contribution is 7.89. The zero-order chi connectivity index (χ0) is 49.5. The number of piperidine rings is 2. The van der Waals surface area contributed by atoms with Crippen molar-refractivity contribution in [2.45, 2.75) is 60.4 Å². The number of nitrogens with two attached hydrogens (primary N) is 1. The van der Waals surface area contributed by atoms with Crippen LogP contribution in [-0.4, -0.2) is 148 Å². The van der Waals surface area contributed by atoms with Gasteiger partial charge in [-0.15, -0.1) is 12.4 Å². The summed E-state index contributed by atoms with van der Waals surface area (Å²) in [6.07, 6.45) is 5.34. The molecule has 0 bridgehead atoms. The first-order valence-corrected chi connectivity index (χ1v) is 26.2. The van der Waals surface area contributed by atoms with Gasteiger partial charge in [0.2, 0.25) is 20.0 Å². The average molecular weight is 1080 g/mol. The minimum atomic E-state index is -3.83. The lowest BCUT2D eigenvalue weighted by Gasteiger charge is -2.37. The van der Waals surface area contributed by atoms with Gasteiger partial charge in [-0.1, -0.05) is 70.7 Å². The molecule has 2 aliphatic heterocycles. The molecule has 21 heteroatoms. The van der Waals surface area contributed by atoms with Gasteiger partial charge in [-0.05, 0) is 120 Å². The third-order valence-electron chi connectivity index (χ3n) is 11.7. The standard InChI is InChI=1S/C24H31Cl2N3O3S.C13H21N3.C10H11Cl2NO4S.ClH/c1-27(2)20-6-5-14-29(17-20)19-11-9-18(10-12-19)16-21(30)13-15-28(3)33(31,32)23-8-4-7-22(25)24(23)26;1-15(2)13-4-3-9-16(10-13)12-7-5-11(14)6-8-12;1-13(5-6-17-7-14)18(15,16)9-4-2-3-8(11)10(9)12;/h4,7-12,20H,5-6,13-17H2,1-3H3;5-8,13H,3-4,9-10,14H2,1-2H3;2-4,7H,5-6H2,1H3;1H. The maximum atomic E-state index is 12.8. The van der Waals surface area contributed by atoms with Crippen LogP contribution in [0.2, 0.25) is 20.1 Å². The number of ketones is 1. The predicted molar refractivity (Wildman–Crippen MR) is 280 cm³/mol. The molecule has 2 unspecified atom stereocenters. The molecule has 68 heavy (non-hydrogen) atoms. The molecule has 6 rings (SSSR count). The van der Waals surface area contributed by atoms with Crippen molar-refractivity contribution >= 4 is 108 Å². The van der Waals surface area contributed by atoms with Crippen molar-refractivity contribution in [1.82, 2.24) is 18.4 Å². The Morgan fingerprint density at radius 2 is 1.10 bits per heavy atom. The molecule has 4 aromatic rings. The van der Waals surface area contributed by atoms with Crippen LogP contribution in [0.3, 0.4) is 0 Å². The fraction of sp³-hybridized carbons (Fsp3) is 0.447. The van der Waals surface area contributed by atoms with E-state index in [1.54, 1.807) is 0 Å². The Kier molecular flexibility index (Phi) is 24.1. The molecule has 0 radical (unpaired) electrons. The highest BCUT2D eigenvalue weighted by Crippen LogP contribution is 2.32. The number of ether oxygens (including phenoxy) is 1. The Bertz CT molecular complexity index is 2450. The van der Waals surface area contributed by atoms with Crippen LogP contribution in [0.25, 0.3) is 0 Å². The number of Topliss-reactive ketones (excluding diaryl/α,β-unsaturated/α-hetero) is 1. The minimum absolute atomic E-state index is 0. The van der Waals surface area contributed by atoms with Gasteiger partial charge in [0, 0.05) is 95.4 Å². The first-order valence-electron chi connectivity index (χ1n) is 21.8. The molecule has 0 aliphatic carbocycles. The van der Waals surface area contributed by atoms with Crippen molar-refractivity contribution in [3.63, 3.8) is 0 Å². The van der Waals surface area contributed by atoms with Crippen LogP contribution in [0, 0.1) is 0 Å². The van der Waals surface area contributed by atoms with Crippen molar-refractivity contribution in [2.24, 2.45) is 0 Å². The lowest BCUT2D eigenvalue weighted by molar-refractivity contribution is -0.128. The van der Waals surface area contributed by atoms with E-state index in [0.29, 0.717) is 12.1 Å². The van der Waals surface area contributed by atoms with E-state index in [1.165, 1.54) is 87.6 Å². The van der Waals surface area contributed by atoms with Gasteiger partial charge in [-0.25, -0.2) is 21.1 Å². The van der Waals surface area contributed by atoms with E-state index in [0.717, 1.165) is 46.0 Å². The number of rotatable bonds is 17. The summed E-state index contributed by atoms with van der Waals surface area (Å²) in [5, 5.41) is 0.299. The number of carbonyl (C=O) groups excluding carboxylic acids is 2. The molecule has 0 spiro atoms. The fourth-order valence-corrected chi connectivity index (χ4v) is 11.3. The van der Waals surface area contributed by atoms with Gasteiger partial charge in [-0.2, -0.15) is 4.31 Å². The average Bonchev–Trinajstić information content (AvgIpc) is 3.30. The van der Waals surface area contributed by atoms with Crippen LogP contribution in [-0.2, 0) is 40.8 Å². The summed E-state index contributed by atoms with van der Waals surface area (Å²) in [5.41, 5.74) is 9.93. The van der Waals surface area contributed by atoms with Crippen LogP contribution in [0.5, 0.6) is 0 Å². The van der Waals surface area contributed by atoms with Gasteiger partial charge in [-0.3, -0.25) is 9.59 Å². The van der Waals surface area contributed by atoms with E-state index in [9.17, 15) is 26.4 Å². The third-order valence-corrected chi connectivity index (χ3v) is 17.4. The summed E-state index contributed by atoms with van der Waals surface area (Å²) >= 11 is 23.6. The van der Waals surface area contributed by atoms with Crippen molar-refractivity contribution in [2.75, 3.05) is 104 Å². The number of hydrogen-bond donors (Lipinski definition) is 1. The summed E-state index contributed by atoms with van der Waals surface area (Å²) in [7, 11) is 3.78. The Labute approximate surface area is 429 Å². The number of likely N-dealkylation sites (N-methyl/N-ethyl adjacent to an activating group) is 3. The smallest absolute Gasteiger partial charge is 0.293 e. The number of halogens is 5. The Hall–Kier alpha value is -3.39. The second-order valence-corrected chi connectivity index (χ2v) is 22.5. The number of hydrogen-bond acceptors (Lipinski definition) is 12. The number of nitrogen functional groups attached to an aromatic ring is 1. The summed E-state index contributed by atoms with van der Waals surface area (Å²) in [4.78, 5) is 31.8. The largest absolute Gasteiger partial charge is 0.466 e. The molecule has 14 nitrogen and oxygen atoms in total. The van der Waals surface area contributed by atoms with E-state index < -0.39 is 20.0 Å². The first kappa shape index (κ1) is 58.9. The summed E-state index contributed by atoms with van der Waals surface area (Å²) in [5.74, 6) is -0.0207. The van der Waals surface area contributed by atoms with Crippen LogP contribution in [0.4, 0.5) is 17.1 Å². The second kappa shape index (κ2) is 27.9. The van der Waals surface area contributed by atoms with E-state index in [2.05, 4.69) is 76.8 Å². The zero-order valence-electron chi connectivity index (χ0n) is 39.4. The monoisotopic (exact) mass is 1080 g/mol. The molecule has 4 aromatic carbocycles. The normalized spacial score (nSPS) is 16.4. The minimum Gasteiger partial charge on any atom is -0.466 e. The Morgan fingerprint density at radius 1 is 0.676 bits per heavy atom. The third kappa shape index (κ3) is 16.9. The molecule has 2 saturated heterocycles. The summed E-state index contributed by atoms with van der Waals surface area (Å²) in [6, 6.07) is 26.4. The number of carbonyl (C=O) groups is 2. The van der Waals surface area contributed by atoms with Crippen LogP contribution in [0.1, 0.15) is 37.7 Å². The van der Waals surface area contributed by atoms with Gasteiger partial charge < -0.3 is 30.1 Å². The van der Waals surface area contributed by atoms with Gasteiger partial charge in [0.25, 0.3) is 6.47 Å². The molecule has 2 aliphatic rings. The summed E-state index contributed by atoms with van der Waals surface area (Å²) < 4.78 is 56.5. The maximum absolute atomic E-state index is 12.8. The van der Waals surface area contributed by atoms with E-state index >= 15 is 0 Å². The molecular weight excluding hydrogens is 1020 g/mol. The quantitative estimate of drug-likeness (QED) is 0.0614. The molecule has 2 fully saturated rings. The van der Waals surface area contributed by atoms with Crippen LogP contribution < -0.4 is 15.5 Å². The van der Waals surface area contributed by atoms with Crippen molar-refractivity contribution in [3.05, 3.63) is 111 Å². The second-order valence-electron chi connectivity index (χ2n) is 16.9. The highest BCUT2D eigenvalue weighted by atomic mass is 35.5.